The van der Waals surface area contributed by atoms with E-state index in [1.165, 1.54) is 0 Å². The van der Waals surface area contributed by atoms with Gasteiger partial charge >= 0.3 is 6.18 Å². The summed E-state index contributed by atoms with van der Waals surface area (Å²) < 4.78 is 38.1. The average molecular weight is 415 g/mol. The summed E-state index contributed by atoms with van der Waals surface area (Å²) in [6.45, 7) is 3.59. The van der Waals surface area contributed by atoms with Gasteiger partial charge in [0.25, 0.3) is 0 Å². The number of aromatic nitrogens is 4. The Labute approximate surface area is 163 Å². The lowest BCUT2D eigenvalue weighted by Gasteiger charge is -2.35. The lowest BCUT2D eigenvalue weighted by atomic mass is 10.1. The molecular weight excluding hydrogens is 395 g/mol. The van der Waals surface area contributed by atoms with Gasteiger partial charge in [-0.2, -0.15) is 18.2 Å². The Bertz CT molecular complexity index is 810. The Hall–Kier alpha value is -2.21. The van der Waals surface area contributed by atoms with Gasteiger partial charge in [-0.25, -0.2) is 4.98 Å². The van der Waals surface area contributed by atoms with Crippen LogP contribution in [0.15, 0.2) is 12.3 Å². The number of β-amino-alcohol motifs (C(OH)–C–C–N with tert-alkyl or cyclic N) is 1. The molecule has 1 unspecified atom stereocenters. The summed E-state index contributed by atoms with van der Waals surface area (Å²) in [5.41, 5.74) is 0. The molecule has 4 rings (SSSR count). The Morgan fingerprint density at radius 1 is 1.04 bits per heavy atom. The van der Waals surface area contributed by atoms with Crippen molar-refractivity contribution in [1.82, 2.24) is 20.2 Å². The van der Waals surface area contributed by atoms with Gasteiger partial charge in [-0.3, -0.25) is 0 Å². The molecule has 0 bridgehead atoms. The van der Waals surface area contributed by atoms with Gasteiger partial charge in [0.1, 0.15) is 5.82 Å². The van der Waals surface area contributed by atoms with Crippen molar-refractivity contribution in [3.05, 3.63) is 17.3 Å². The van der Waals surface area contributed by atoms with Crippen molar-refractivity contribution in [2.45, 2.75) is 25.1 Å². The first kappa shape index (κ1) is 19.1. The number of piperidine rings is 1. The summed E-state index contributed by atoms with van der Waals surface area (Å²) in [5, 5.41) is 16.1. The molecule has 8 nitrogen and oxygen atoms in total. The van der Waals surface area contributed by atoms with Gasteiger partial charge in [0, 0.05) is 45.5 Å². The fourth-order valence-corrected chi connectivity index (χ4v) is 4.15. The zero-order valence-electron chi connectivity index (χ0n) is 15.0. The third-order valence-corrected chi connectivity index (χ3v) is 5.87. The van der Waals surface area contributed by atoms with Crippen LogP contribution in [-0.2, 0) is 6.18 Å². The highest BCUT2D eigenvalue weighted by Gasteiger charge is 2.36. The van der Waals surface area contributed by atoms with Gasteiger partial charge in [0.15, 0.2) is 0 Å². The van der Waals surface area contributed by atoms with Crippen molar-refractivity contribution in [2.24, 2.45) is 0 Å². The standard InChI is InChI=1S/C16H20F3N7OS/c17-16(18,19)13-22-23-15(28-13)25-8-6-24(7-9-25)14-20-4-3-12(21-14)26-5-1-2-11(27)10-26/h3-4,11,27H,1-2,5-10H2. The third kappa shape index (κ3) is 4.12. The van der Waals surface area contributed by atoms with Crippen molar-refractivity contribution in [3.8, 4) is 0 Å². The average Bonchev–Trinajstić information content (AvgIpc) is 3.19. The lowest BCUT2D eigenvalue weighted by molar-refractivity contribution is -0.138. The number of alkyl halides is 3. The highest BCUT2D eigenvalue weighted by atomic mass is 32.1. The molecule has 0 aliphatic carbocycles. The maximum atomic E-state index is 12.7. The van der Waals surface area contributed by atoms with E-state index in [2.05, 4.69) is 25.1 Å². The van der Waals surface area contributed by atoms with E-state index in [1.54, 1.807) is 11.1 Å². The first-order valence-corrected chi connectivity index (χ1v) is 9.88. The van der Waals surface area contributed by atoms with Crippen LogP contribution in [0.2, 0.25) is 0 Å². The molecule has 2 aromatic rings. The van der Waals surface area contributed by atoms with Crippen LogP contribution >= 0.6 is 11.3 Å². The van der Waals surface area contributed by atoms with Crippen LogP contribution in [-0.4, -0.2) is 70.6 Å². The van der Waals surface area contributed by atoms with Crippen molar-refractivity contribution in [3.63, 3.8) is 0 Å². The summed E-state index contributed by atoms with van der Waals surface area (Å²) in [5.74, 6) is 1.37. The number of halogens is 3. The SMILES string of the molecule is OC1CCCN(c2ccnc(N3CCN(c4nnc(C(F)(F)F)s4)CC3)n2)C1. The van der Waals surface area contributed by atoms with E-state index in [1.807, 2.05) is 11.0 Å². The highest BCUT2D eigenvalue weighted by molar-refractivity contribution is 7.15. The fourth-order valence-electron chi connectivity index (χ4n) is 3.39. The number of hydrogen-bond donors (Lipinski definition) is 1. The zero-order valence-corrected chi connectivity index (χ0v) is 15.8. The molecule has 2 aliphatic rings. The zero-order chi connectivity index (χ0) is 19.7. The van der Waals surface area contributed by atoms with Crippen LogP contribution in [0, 0.1) is 0 Å². The smallest absolute Gasteiger partial charge is 0.391 e. The lowest BCUT2D eigenvalue weighted by Crippen LogP contribution is -2.47. The number of aliphatic hydroxyl groups excluding tert-OH is 1. The van der Waals surface area contributed by atoms with Crippen molar-refractivity contribution < 1.29 is 18.3 Å². The molecule has 2 saturated heterocycles. The van der Waals surface area contributed by atoms with Crippen molar-refractivity contribution >= 4 is 28.2 Å². The second-order valence-electron chi connectivity index (χ2n) is 6.82. The van der Waals surface area contributed by atoms with Crippen molar-refractivity contribution in [1.29, 1.82) is 0 Å². The largest absolute Gasteiger partial charge is 0.445 e. The Balaban J connectivity index is 1.40. The molecule has 12 heteroatoms. The van der Waals surface area contributed by atoms with Crippen LogP contribution in [0.25, 0.3) is 0 Å². The van der Waals surface area contributed by atoms with Gasteiger partial charge in [0.05, 0.1) is 6.10 Å². The fraction of sp³-hybridized carbons (Fsp3) is 0.625. The number of piperazine rings is 1. The Kier molecular flexibility index (Phi) is 5.23. The molecule has 0 amide bonds. The Morgan fingerprint density at radius 3 is 2.46 bits per heavy atom. The van der Waals surface area contributed by atoms with E-state index < -0.39 is 11.2 Å². The maximum absolute atomic E-state index is 12.7. The maximum Gasteiger partial charge on any atom is 0.445 e. The van der Waals surface area contributed by atoms with Gasteiger partial charge in [-0.15, -0.1) is 10.2 Å². The van der Waals surface area contributed by atoms with Crippen LogP contribution in [0.4, 0.5) is 30.1 Å². The van der Waals surface area contributed by atoms with Gasteiger partial charge < -0.3 is 19.8 Å². The van der Waals surface area contributed by atoms with Gasteiger partial charge in [-0.05, 0) is 18.9 Å². The molecule has 0 spiro atoms. The summed E-state index contributed by atoms with van der Waals surface area (Å²) in [4.78, 5) is 14.8. The summed E-state index contributed by atoms with van der Waals surface area (Å²) in [6, 6.07) is 1.83. The first-order valence-electron chi connectivity index (χ1n) is 9.07. The predicted molar refractivity (Wildman–Crippen MR) is 98.8 cm³/mol. The third-order valence-electron chi connectivity index (χ3n) is 4.84. The molecule has 0 radical (unpaired) electrons. The molecule has 28 heavy (non-hydrogen) atoms. The molecule has 0 aromatic carbocycles. The van der Waals surface area contributed by atoms with E-state index in [-0.39, 0.29) is 11.2 Å². The molecule has 2 aliphatic heterocycles. The van der Waals surface area contributed by atoms with E-state index >= 15 is 0 Å². The predicted octanol–water partition coefficient (Wildman–Crippen LogP) is 1.63. The number of anilines is 3. The van der Waals surface area contributed by atoms with E-state index in [4.69, 9.17) is 0 Å². The minimum absolute atomic E-state index is 0.281. The van der Waals surface area contributed by atoms with Gasteiger partial charge in [-0.1, -0.05) is 11.3 Å². The Morgan fingerprint density at radius 2 is 1.79 bits per heavy atom. The normalized spacial score (nSPS) is 21.3. The first-order chi connectivity index (χ1) is 13.4. The number of aliphatic hydroxyl groups is 1. The number of nitrogens with zero attached hydrogens (tertiary/aromatic N) is 7. The molecule has 0 saturated carbocycles. The molecular formula is C16H20F3N7OS. The summed E-state index contributed by atoms with van der Waals surface area (Å²) in [6.07, 6.45) is -1.39. The highest BCUT2D eigenvalue weighted by Crippen LogP contribution is 2.34. The number of hydrogen-bond acceptors (Lipinski definition) is 9. The van der Waals surface area contributed by atoms with Crippen LogP contribution < -0.4 is 14.7 Å². The minimum Gasteiger partial charge on any atom is -0.391 e. The van der Waals surface area contributed by atoms with E-state index in [0.29, 0.717) is 50.0 Å². The molecule has 1 atom stereocenters. The van der Waals surface area contributed by atoms with Crippen LogP contribution in [0.3, 0.4) is 0 Å². The summed E-state index contributed by atoms with van der Waals surface area (Å²) in [7, 11) is 0. The molecule has 1 N–H and O–H groups in total. The molecule has 2 aromatic heterocycles. The quantitative estimate of drug-likeness (QED) is 0.810. The second-order valence-corrected chi connectivity index (χ2v) is 7.77. The minimum atomic E-state index is -4.46. The van der Waals surface area contributed by atoms with Gasteiger partial charge in [0.2, 0.25) is 16.1 Å². The second kappa shape index (κ2) is 7.66. The van der Waals surface area contributed by atoms with E-state index in [9.17, 15) is 18.3 Å². The van der Waals surface area contributed by atoms with Crippen molar-refractivity contribution in [2.75, 3.05) is 54.0 Å². The van der Waals surface area contributed by atoms with Crippen LogP contribution in [0.1, 0.15) is 17.8 Å². The number of rotatable bonds is 3. The van der Waals surface area contributed by atoms with Crippen LogP contribution in [0.5, 0.6) is 0 Å². The molecule has 4 heterocycles. The van der Waals surface area contributed by atoms with E-state index in [0.717, 1.165) is 25.2 Å². The molecule has 152 valence electrons. The summed E-state index contributed by atoms with van der Waals surface area (Å²) >= 11 is 0.563. The molecule has 2 fully saturated rings. The monoisotopic (exact) mass is 415 g/mol. The topological polar surface area (TPSA) is 81.5 Å².